The molecule has 8 heteroatoms. The Morgan fingerprint density at radius 3 is 2.74 bits per heavy atom. The van der Waals surface area contributed by atoms with Crippen LogP contribution in [0.2, 0.25) is 0 Å². The van der Waals surface area contributed by atoms with Crippen molar-refractivity contribution >= 4 is 39.3 Å². The molecule has 0 aromatic carbocycles. The van der Waals surface area contributed by atoms with E-state index in [1.807, 2.05) is 0 Å². The normalized spacial score (nSPS) is 17.9. The molecule has 0 bridgehead atoms. The minimum absolute atomic E-state index is 0.107. The molecule has 2 rings (SSSR count). The topological polar surface area (TPSA) is 88.5 Å². The third-order valence-electron chi connectivity index (χ3n) is 3.06. The quantitative estimate of drug-likeness (QED) is 0.863. The van der Waals surface area contributed by atoms with Crippen LogP contribution in [0.4, 0.5) is 0 Å². The van der Waals surface area contributed by atoms with Gasteiger partial charge >= 0.3 is 5.97 Å². The van der Waals surface area contributed by atoms with E-state index in [1.165, 1.54) is 11.5 Å². The Morgan fingerprint density at radius 1 is 1.53 bits per heavy atom. The van der Waals surface area contributed by atoms with Gasteiger partial charge in [0.1, 0.15) is 0 Å². The molecule has 0 aliphatic carbocycles. The Hall–Kier alpha value is -0.990. The second kappa shape index (κ2) is 5.98. The number of carboxylic acids is 1. The van der Waals surface area contributed by atoms with E-state index in [0.29, 0.717) is 36.2 Å². The molecule has 0 unspecified atom stereocenters. The zero-order valence-electron chi connectivity index (χ0n) is 10.0. The summed E-state index contributed by atoms with van der Waals surface area (Å²) in [6, 6.07) is 0. The number of ether oxygens (including phenoxy) is 1. The van der Waals surface area contributed by atoms with Gasteiger partial charge in [-0.1, -0.05) is 0 Å². The molecule has 1 aromatic heterocycles. The molecule has 19 heavy (non-hydrogen) atoms. The summed E-state index contributed by atoms with van der Waals surface area (Å²) < 4.78 is 9.85. The van der Waals surface area contributed by atoms with Crippen LogP contribution in [0, 0.1) is 0 Å². The summed E-state index contributed by atoms with van der Waals surface area (Å²) in [7, 11) is 0. The number of nitrogens with one attached hydrogen (secondary N) is 1. The standard InChI is InChI=1S/C11H13BrN2O4S/c12-7-6-19-14-9(7)10(17)13-11(5-8(15)16)1-3-18-4-2-11/h6H,1-5H2,(H,13,17)(H,15,16). The van der Waals surface area contributed by atoms with Crippen LogP contribution < -0.4 is 5.32 Å². The minimum Gasteiger partial charge on any atom is -0.481 e. The predicted octanol–water partition coefficient (Wildman–Crippen LogP) is 1.66. The van der Waals surface area contributed by atoms with Crippen molar-refractivity contribution in [2.24, 2.45) is 0 Å². The molecule has 1 fully saturated rings. The number of carboxylic acid groups (broad SMARTS) is 1. The van der Waals surface area contributed by atoms with E-state index >= 15 is 0 Å². The molecule has 0 atom stereocenters. The molecule has 0 radical (unpaired) electrons. The maximum atomic E-state index is 12.2. The van der Waals surface area contributed by atoms with Crippen molar-refractivity contribution in [3.8, 4) is 0 Å². The number of carbonyl (C=O) groups excluding carboxylic acids is 1. The number of aromatic nitrogens is 1. The first-order valence-electron chi connectivity index (χ1n) is 5.74. The summed E-state index contributed by atoms with van der Waals surface area (Å²) in [5.74, 6) is -1.28. The molecule has 1 saturated heterocycles. The fourth-order valence-corrected chi connectivity index (χ4v) is 3.25. The third kappa shape index (κ3) is 3.52. The number of carbonyl (C=O) groups is 2. The Labute approximate surface area is 122 Å². The molecule has 1 aliphatic heterocycles. The van der Waals surface area contributed by atoms with Crippen molar-refractivity contribution in [2.75, 3.05) is 13.2 Å². The molecular formula is C11H13BrN2O4S. The van der Waals surface area contributed by atoms with Crippen LogP contribution in [-0.2, 0) is 9.53 Å². The van der Waals surface area contributed by atoms with Gasteiger partial charge in [-0.2, -0.15) is 4.37 Å². The van der Waals surface area contributed by atoms with Gasteiger partial charge in [-0.05, 0) is 40.3 Å². The Morgan fingerprint density at radius 2 is 2.21 bits per heavy atom. The molecule has 0 spiro atoms. The van der Waals surface area contributed by atoms with Crippen LogP contribution in [-0.4, -0.2) is 40.1 Å². The zero-order valence-corrected chi connectivity index (χ0v) is 12.4. The van der Waals surface area contributed by atoms with Crippen LogP contribution >= 0.6 is 27.5 Å². The first-order chi connectivity index (χ1) is 9.02. The smallest absolute Gasteiger partial charge is 0.305 e. The number of halogens is 1. The largest absolute Gasteiger partial charge is 0.481 e. The van der Waals surface area contributed by atoms with Crippen LogP contribution in [0.5, 0.6) is 0 Å². The third-order valence-corrected chi connectivity index (χ3v) is 4.60. The average Bonchev–Trinajstić information content (AvgIpc) is 2.75. The molecule has 104 valence electrons. The van der Waals surface area contributed by atoms with Gasteiger partial charge in [0, 0.05) is 18.6 Å². The lowest BCUT2D eigenvalue weighted by Gasteiger charge is -2.36. The SMILES string of the molecule is O=C(O)CC1(NC(=O)c2nscc2Br)CCOCC1. The van der Waals surface area contributed by atoms with E-state index < -0.39 is 11.5 Å². The highest BCUT2D eigenvalue weighted by Gasteiger charge is 2.37. The van der Waals surface area contributed by atoms with E-state index in [9.17, 15) is 9.59 Å². The molecule has 1 aromatic rings. The minimum atomic E-state index is -0.931. The number of hydrogen-bond acceptors (Lipinski definition) is 5. The highest BCUT2D eigenvalue weighted by atomic mass is 79.9. The number of rotatable bonds is 4. The number of nitrogens with zero attached hydrogens (tertiary/aromatic N) is 1. The molecule has 0 saturated carbocycles. The fraction of sp³-hybridized carbons (Fsp3) is 0.545. The molecule has 1 aliphatic rings. The van der Waals surface area contributed by atoms with E-state index in [0.717, 1.165) is 0 Å². The maximum absolute atomic E-state index is 12.2. The van der Waals surface area contributed by atoms with Crippen LogP contribution in [0.25, 0.3) is 0 Å². The number of aliphatic carboxylic acids is 1. The summed E-state index contributed by atoms with van der Waals surface area (Å²) in [5, 5.41) is 13.5. The summed E-state index contributed by atoms with van der Waals surface area (Å²) in [4.78, 5) is 23.1. The van der Waals surface area contributed by atoms with Crippen molar-refractivity contribution in [2.45, 2.75) is 24.8 Å². The van der Waals surface area contributed by atoms with Gasteiger partial charge in [0.05, 0.1) is 16.4 Å². The van der Waals surface area contributed by atoms with Gasteiger partial charge in [0.15, 0.2) is 5.69 Å². The van der Waals surface area contributed by atoms with E-state index in [4.69, 9.17) is 9.84 Å². The lowest BCUT2D eigenvalue weighted by Crippen LogP contribution is -2.53. The monoisotopic (exact) mass is 348 g/mol. The zero-order chi connectivity index (χ0) is 13.9. The van der Waals surface area contributed by atoms with Crippen LogP contribution in [0.1, 0.15) is 29.8 Å². The predicted molar refractivity (Wildman–Crippen MR) is 72.3 cm³/mol. The van der Waals surface area contributed by atoms with Crippen molar-refractivity contribution in [1.29, 1.82) is 0 Å². The van der Waals surface area contributed by atoms with Gasteiger partial charge in [0.2, 0.25) is 0 Å². The van der Waals surface area contributed by atoms with Gasteiger partial charge in [-0.25, -0.2) is 0 Å². The summed E-state index contributed by atoms with van der Waals surface area (Å²) in [6.07, 6.45) is 0.878. The fourth-order valence-electron chi connectivity index (χ4n) is 2.07. The first kappa shape index (κ1) is 14.4. The Balaban J connectivity index is 2.14. The summed E-state index contributed by atoms with van der Waals surface area (Å²) in [5.41, 5.74) is -0.453. The van der Waals surface area contributed by atoms with Gasteiger partial charge in [-0.3, -0.25) is 9.59 Å². The lowest BCUT2D eigenvalue weighted by molar-refractivity contribution is -0.139. The summed E-state index contributed by atoms with van der Waals surface area (Å²) >= 11 is 4.42. The van der Waals surface area contributed by atoms with Gasteiger partial charge < -0.3 is 15.2 Å². The number of amides is 1. The average molecular weight is 349 g/mol. The molecule has 2 heterocycles. The van der Waals surface area contributed by atoms with Crippen LogP contribution in [0.3, 0.4) is 0 Å². The van der Waals surface area contributed by atoms with Crippen molar-refractivity contribution < 1.29 is 19.4 Å². The first-order valence-corrected chi connectivity index (χ1v) is 7.37. The molecule has 1 amide bonds. The summed E-state index contributed by atoms with van der Waals surface area (Å²) in [6.45, 7) is 0.900. The maximum Gasteiger partial charge on any atom is 0.305 e. The van der Waals surface area contributed by atoms with E-state index in [2.05, 4.69) is 25.6 Å². The van der Waals surface area contributed by atoms with Crippen molar-refractivity contribution in [3.05, 3.63) is 15.5 Å². The Kier molecular flexibility index (Phi) is 4.54. The molecule has 2 N–H and O–H groups in total. The van der Waals surface area contributed by atoms with E-state index in [1.54, 1.807) is 5.38 Å². The highest BCUT2D eigenvalue weighted by molar-refractivity contribution is 9.10. The number of hydrogen-bond donors (Lipinski definition) is 2. The van der Waals surface area contributed by atoms with E-state index in [-0.39, 0.29) is 12.3 Å². The van der Waals surface area contributed by atoms with Crippen LogP contribution in [0.15, 0.2) is 9.85 Å². The second-order valence-electron chi connectivity index (χ2n) is 4.43. The Bertz CT molecular complexity index is 485. The van der Waals surface area contributed by atoms with Gasteiger partial charge in [0.25, 0.3) is 5.91 Å². The lowest BCUT2D eigenvalue weighted by atomic mass is 9.86. The van der Waals surface area contributed by atoms with Crippen molar-refractivity contribution in [3.63, 3.8) is 0 Å². The highest BCUT2D eigenvalue weighted by Crippen LogP contribution is 2.26. The van der Waals surface area contributed by atoms with Gasteiger partial charge in [-0.15, -0.1) is 0 Å². The second-order valence-corrected chi connectivity index (χ2v) is 5.91. The molecule has 6 nitrogen and oxygen atoms in total. The molecular weight excluding hydrogens is 336 g/mol. The van der Waals surface area contributed by atoms with Crippen molar-refractivity contribution in [1.82, 2.24) is 9.69 Å².